The predicted molar refractivity (Wildman–Crippen MR) is 118 cm³/mol. The zero-order chi connectivity index (χ0) is 25.1. The first-order chi connectivity index (χ1) is 16.0. The summed E-state index contributed by atoms with van der Waals surface area (Å²) in [6.07, 6.45) is 1.52. The molecule has 2 aliphatic rings. The molecule has 1 saturated carbocycles. The Morgan fingerprint density at radius 1 is 1.41 bits per heavy atom. The van der Waals surface area contributed by atoms with Crippen molar-refractivity contribution in [3.63, 3.8) is 0 Å². The van der Waals surface area contributed by atoms with Gasteiger partial charge in [0.1, 0.15) is 17.1 Å². The largest absolute Gasteiger partial charge is 0.479 e. The number of nitrogens with one attached hydrogen (secondary N) is 1. The van der Waals surface area contributed by atoms with Gasteiger partial charge in [-0.1, -0.05) is 20.2 Å². The standard InChI is InChI=1S/C23H34FN3O5/c1-5-11-22(3,24)23(6-2,21(29)30)26-19(28)17-9-10-18(27-12-16(13-27)31-4)20(25-17)32-14-15-7-8-15/h9-10,15-16H,5-8,11-14H2,1-4H3,(H,26,28)(H,29,30)/i1D2. The predicted octanol–water partition coefficient (Wildman–Crippen LogP) is 3.20. The van der Waals surface area contributed by atoms with E-state index in [-0.39, 0.29) is 36.9 Å². The van der Waals surface area contributed by atoms with E-state index in [4.69, 9.17) is 12.2 Å². The molecule has 3 rings (SSSR count). The van der Waals surface area contributed by atoms with E-state index in [1.165, 1.54) is 13.0 Å². The molecule has 1 saturated heterocycles. The number of rotatable bonds is 12. The van der Waals surface area contributed by atoms with Gasteiger partial charge in [0.25, 0.3) is 5.91 Å². The highest BCUT2D eigenvalue weighted by Gasteiger charge is 2.54. The summed E-state index contributed by atoms with van der Waals surface area (Å²) < 4.78 is 41.6. The number of carboxylic acid groups (broad SMARTS) is 1. The molecule has 0 radical (unpaired) electrons. The minimum Gasteiger partial charge on any atom is -0.479 e. The molecule has 32 heavy (non-hydrogen) atoms. The molecule has 2 atom stereocenters. The molecule has 9 heteroatoms. The van der Waals surface area contributed by atoms with Crippen LogP contribution >= 0.6 is 0 Å². The number of carbonyl (C=O) groups is 2. The molecular weight excluding hydrogens is 417 g/mol. The lowest BCUT2D eigenvalue weighted by molar-refractivity contribution is -0.152. The molecule has 2 fully saturated rings. The molecule has 2 unspecified atom stereocenters. The first kappa shape index (κ1) is 21.4. The lowest BCUT2D eigenvalue weighted by atomic mass is 9.77. The van der Waals surface area contributed by atoms with Crippen LogP contribution in [0.5, 0.6) is 5.88 Å². The monoisotopic (exact) mass is 453 g/mol. The van der Waals surface area contributed by atoms with Crippen molar-refractivity contribution in [2.45, 2.75) is 70.1 Å². The molecule has 1 amide bonds. The third-order valence-electron chi connectivity index (χ3n) is 6.47. The molecule has 1 aromatic rings. The maximum atomic E-state index is 15.7. The van der Waals surface area contributed by atoms with Crippen LogP contribution in [0.25, 0.3) is 0 Å². The summed E-state index contributed by atoms with van der Waals surface area (Å²) in [5, 5.41) is 12.3. The summed E-state index contributed by atoms with van der Waals surface area (Å²) in [7, 11) is 1.65. The minimum atomic E-state index is -2.39. The van der Waals surface area contributed by atoms with Crippen molar-refractivity contribution in [1.82, 2.24) is 10.3 Å². The van der Waals surface area contributed by atoms with Crippen molar-refractivity contribution < 1.29 is 31.3 Å². The number of ether oxygens (including phenoxy) is 2. The van der Waals surface area contributed by atoms with Crippen LogP contribution < -0.4 is 15.0 Å². The lowest BCUT2D eigenvalue weighted by Crippen LogP contribution is -2.65. The summed E-state index contributed by atoms with van der Waals surface area (Å²) in [6, 6.07) is 3.17. The van der Waals surface area contributed by atoms with Crippen LogP contribution in [0.4, 0.5) is 10.1 Å². The van der Waals surface area contributed by atoms with Crippen molar-refractivity contribution >= 4 is 17.6 Å². The first-order valence-electron chi connectivity index (χ1n) is 12.2. The van der Waals surface area contributed by atoms with Crippen LogP contribution in [-0.2, 0) is 9.53 Å². The highest BCUT2D eigenvalue weighted by molar-refractivity contribution is 5.97. The fourth-order valence-corrected chi connectivity index (χ4v) is 3.93. The van der Waals surface area contributed by atoms with Gasteiger partial charge >= 0.3 is 5.97 Å². The summed E-state index contributed by atoms with van der Waals surface area (Å²) in [6.45, 7) is 3.06. The third kappa shape index (κ3) is 4.82. The maximum absolute atomic E-state index is 15.7. The van der Waals surface area contributed by atoms with Crippen LogP contribution in [0, 0.1) is 5.92 Å². The fourth-order valence-electron chi connectivity index (χ4n) is 3.93. The smallest absolute Gasteiger partial charge is 0.332 e. The van der Waals surface area contributed by atoms with E-state index in [2.05, 4.69) is 10.3 Å². The van der Waals surface area contributed by atoms with Gasteiger partial charge in [0.05, 0.1) is 12.7 Å². The number of methoxy groups -OCH3 is 1. The Morgan fingerprint density at radius 3 is 2.69 bits per heavy atom. The Balaban J connectivity index is 1.84. The number of aliphatic carboxylic acids is 1. The van der Waals surface area contributed by atoms with E-state index < -0.39 is 30.0 Å². The molecule has 8 nitrogen and oxygen atoms in total. The average molecular weight is 454 g/mol. The van der Waals surface area contributed by atoms with Gasteiger partial charge < -0.3 is 24.8 Å². The van der Waals surface area contributed by atoms with E-state index in [0.29, 0.717) is 25.6 Å². The van der Waals surface area contributed by atoms with E-state index in [9.17, 15) is 14.7 Å². The summed E-state index contributed by atoms with van der Waals surface area (Å²) in [5.41, 5.74) is -3.98. The number of nitrogens with zero attached hydrogens (tertiary/aromatic N) is 2. The molecule has 2 N–H and O–H groups in total. The van der Waals surface area contributed by atoms with Crippen molar-refractivity contribution in [3.8, 4) is 5.88 Å². The number of carbonyl (C=O) groups excluding carboxylic acids is 1. The van der Waals surface area contributed by atoms with Crippen LogP contribution in [0.1, 0.15) is 66.1 Å². The van der Waals surface area contributed by atoms with Gasteiger partial charge in [-0.15, -0.1) is 0 Å². The summed E-state index contributed by atoms with van der Waals surface area (Å²) in [4.78, 5) is 31.7. The van der Waals surface area contributed by atoms with E-state index >= 15 is 4.39 Å². The second-order valence-electron chi connectivity index (χ2n) is 8.79. The van der Waals surface area contributed by atoms with Crippen molar-refractivity contribution in [1.29, 1.82) is 0 Å². The van der Waals surface area contributed by atoms with Crippen LogP contribution in [0.2, 0.25) is 0 Å². The zero-order valence-corrected chi connectivity index (χ0v) is 18.9. The number of aromatic nitrogens is 1. The highest BCUT2D eigenvalue weighted by Crippen LogP contribution is 2.36. The van der Waals surface area contributed by atoms with E-state index in [0.717, 1.165) is 25.5 Å². The van der Waals surface area contributed by atoms with Gasteiger partial charge in [-0.2, -0.15) is 0 Å². The quantitative estimate of drug-likeness (QED) is 0.501. The van der Waals surface area contributed by atoms with Gasteiger partial charge in [-0.3, -0.25) is 4.79 Å². The molecule has 178 valence electrons. The average Bonchev–Trinajstić information content (AvgIpc) is 3.58. The molecule has 1 aromatic heterocycles. The normalized spacial score (nSPS) is 21.1. The summed E-state index contributed by atoms with van der Waals surface area (Å²) in [5.74, 6) is -1.61. The highest BCUT2D eigenvalue weighted by atomic mass is 19.1. The van der Waals surface area contributed by atoms with Crippen molar-refractivity contribution in [2.75, 3.05) is 31.7 Å². The number of hydrogen-bond acceptors (Lipinski definition) is 6. The number of amides is 1. The Bertz CT molecular complexity index is 893. The van der Waals surface area contributed by atoms with Crippen molar-refractivity contribution in [3.05, 3.63) is 17.8 Å². The molecule has 0 bridgehead atoms. The number of hydrogen-bond donors (Lipinski definition) is 2. The Morgan fingerprint density at radius 2 is 2.12 bits per heavy atom. The molecule has 2 heterocycles. The lowest BCUT2D eigenvalue weighted by Gasteiger charge is -2.40. The number of halogens is 1. The van der Waals surface area contributed by atoms with Crippen LogP contribution in [0.3, 0.4) is 0 Å². The molecule has 0 aromatic carbocycles. The number of pyridine rings is 1. The maximum Gasteiger partial charge on any atom is 0.332 e. The van der Waals surface area contributed by atoms with Crippen molar-refractivity contribution in [2.24, 2.45) is 5.92 Å². The van der Waals surface area contributed by atoms with E-state index in [1.54, 1.807) is 13.2 Å². The number of anilines is 1. The Labute approximate surface area is 191 Å². The van der Waals surface area contributed by atoms with E-state index in [1.807, 2.05) is 4.90 Å². The molecule has 1 aliphatic heterocycles. The molecule has 0 spiro atoms. The van der Waals surface area contributed by atoms with Crippen LogP contribution in [0.15, 0.2) is 12.1 Å². The zero-order valence-electron chi connectivity index (χ0n) is 20.9. The van der Waals surface area contributed by atoms with Gasteiger partial charge in [0.15, 0.2) is 5.54 Å². The second-order valence-corrected chi connectivity index (χ2v) is 8.79. The van der Waals surface area contributed by atoms with Gasteiger partial charge in [-0.25, -0.2) is 14.2 Å². The fraction of sp³-hybridized carbons (Fsp3) is 0.696. The summed E-state index contributed by atoms with van der Waals surface area (Å²) >= 11 is 0. The van der Waals surface area contributed by atoms with Gasteiger partial charge in [-0.05, 0) is 50.7 Å². The first-order valence-corrected chi connectivity index (χ1v) is 11.0. The topological polar surface area (TPSA) is 101 Å². The minimum absolute atomic E-state index is 0.0768. The van der Waals surface area contributed by atoms with Gasteiger partial charge in [0.2, 0.25) is 5.88 Å². The Kier molecular flexibility index (Phi) is 6.43. The second kappa shape index (κ2) is 9.60. The molecular formula is C23H34FN3O5. The van der Waals surface area contributed by atoms with Crippen LogP contribution in [-0.4, -0.2) is 66.1 Å². The third-order valence-corrected chi connectivity index (χ3v) is 6.47. The number of alkyl halides is 1. The Hall–Kier alpha value is -2.42. The SMILES string of the molecule is [2H]C([2H])CCC(C)(F)C(CC)(NC(=O)c1ccc(N2CC(OC)C2)c(OCC2CC2)n1)C(=O)O. The molecule has 1 aliphatic carbocycles. The van der Waals surface area contributed by atoms with Gasteiger partial charge in [0, 0.05) is 22.9 Å². The number of carboxylic acids is 1.